The van der Waals surface area contributed by atoms with Gasteiger partial charge in [-0.05, 0) is 49.2 Å². The van der Waals surface area contributed by atoms with Crippen molar-refractivity contribution in [1.29, 1.82) is 0 Å². The maximum absolute atomic E-state index is 12.6. The van der Waals surface area contributed by atoms with E-state index in [0.29, 0.717) is 22.2 Å². The van der Waals surface area contributed by atoms with Gasteiger partial charge in [0.25, 0.3) is 0 Å². The zero-order valence-electron chi connectivity index (χ0n) is 17.0. The molecule has 0 saturated heterocycles. The molecule has 0 aromatic heterocycles. The van der Waals surface area contributed by atoms with E-state index in [1.807, 2.05) is 6.92 Å². The Hall–Kier alpha value is -2.45. The van der Waals surface area contributed by atoms with Gasteiger partial charge in [-0.3, -0.25) is 9.10 Å². The van der Waals surface area contributed by atoms with E-state index in [4.69, 9.17) is 21.1 Å². The second-order valence-electron chi connectivity index (χ2n) is 6.61. The third-order valence-electron chi connectivity index (χ3n) is 4.42. The summed E-state index contributed by atoms with van der Waals surface area (Å²) in [5.41, 5.74) is 1.94. The van der Waals surface area contributed by atoms with Crippen molar-refractivity contribution >= 4 is 33.2 Å². The normalized spacial score (nSPS) is 12.2. The predicted molar refractivity (Wildman–Crippen MR) is 114 cm³/mol. The minimum Gasteiger partial charge on any atom is -0.493 e. The van der Waals surface area contributed by atoms with E-state index in [1.165, 1.54) is 13.2 Å². The fourth-order valence-corrected chi connectivity index (χ4v) is 3.78. The van der Waals surface area contributed by atoms with Gasteiger partial charge in [-0.15, -0.1) is 0 Å². The molecule has 0 saturated carbocycles. The van der Waals surface area contributed by atoms with Gasteiger partial charge in [0, 0.05) is 5.02 Å². The molecule has 2 aromatic carbocycles. The highest BCUT2D eigenvalue weighted by Gasteiger charge is 2.22. The molecule has 29 heavy (non-hydrogen) atoms. The summed E-state index contributed by atoms with van der Waals surface area (Å²) in [7, 11) is -0.615. The molecule has 0 aliphatic carbocycles. The Labute approximate surface area is 176 Å². The number of anilines is 1. The number of halogens is 1. The average molecular weight is 441 g/mol. The standard InChI is InChI=1S/C20H25ClN2O5S/c1-13-6-8-16(11-17(13)21)23(29(5,25)26)12-20(24)22-14(2)15-7-9-18(27-3)19(10-15)28-4/h6-11,14H,12H2,1-5H3,(H,22,24)/t14-/m1/s1. The van der Waals surface area contributed by atoms with Gasteiger partial charge in [0.1, 0.15) is 6.54 Å². The smallest absolute Gasteiger partial charge is 0.241 e. The Balaban J connectivity index is 2.19. The third-order valence-corrected chi connectivity index (χ3v) is 5.96. The molecule has 0 radical (unpaired) electrons. The number of sulfonamides is 1. The molecule has 0 spiro atoms. The molecule has 0 unspecified atom stereocenters. The number of ether oxygens (including phenoxy) is 2. The monoisotopic (exact) mass is 440 g/mol. The van der Waals surface area contributed by atoms with E-state index in [-0.39, 0.29) is 12.6 Å². The van der Waals surface area contributed by atoms with Crippen LogP contribution >= 0.6 is 11.6 Å². The number of hydrogen-bond donors (Lipinski definition) is 1. The summed E-state index contributed by atoms with van der Waals surface area (Å²) >= 11 is 6.12. The van der Waals surface area contributed by atoms with Crippen molar-refractivity contribution in [1.82, 2.24) is 5.32 Å². The van der Waals surface area contributed by atoms with Crippen molar-refractivity contribution in [3.05, 3.63) is 52.5 Å². The largest absolute Gasteiger partial charge is 0.493 e. The highest BCUT2D eigenvalue weighted by atomic mass is 35.5. The molecule has 158 valence electrons. The summed E-state index contributed by atoms with van der Waals surface area (Å²) in [5.74, 6) is 0.668. The van der Waals surface area contributed by atoms with Gasteiger partial charge < -0.3 is 14.8 Å². The number of benzene rings is 2. The van der Waals surface area contributed by atoms with Gasteiger partial charge in [-0.25, -0.2) is 8.42 Å². The van der Waals surface area contributed by atoms with E-state index in [1.54, 1.807) is 44.4 Å². The molecule has 0 bridgehead atoms. The van der Waals surface area contributed by atoms with Crippen LogP contribution in [0.15, 0.2) is 36.4 Å². The van der Waals surface area contributed by atoms with Crippen LogP contribution in [0.5, 0.6) is 11.5 Å². The molecule has 0 fully saturated rings. The van der Waals surface area contributed by atoms with Gasteiger partial charge in [-0.1, -0.05) is 23.7 Å². The number of aryl methyl sites for hydroxylation is 1. The van der Waals surface area contributed by atoms with Crippen molar-refractivity contribution in [3.63, 3.8) is 0 Å². The maximum atomic E-state index is 12.6. The number of hydrogen-bond acceptors (Lipinski definition) is 5. The lowest BCUT2D eigenvalue weighted by Gasteiger charge is -2.24. The Morgan fingerprint density at radius 1 is 1.14 bits per heavy atom. The minimum absolute atomic E-state index is 0.331. The number of carbonyl (C=O) groups excluding carboxylic acids is 1. The first-order chi connectivity index (χ1) is 13.6. The van der Waals surface area contributed by atoms with Crippen LogP contribution < -0.4 is 19.1 Å². The molecule has 0 heterocycles. The number of carbonyl (C=O) groups is 1. The molecule has 7 nitrogen and oxygen atoms in total. The number of nitrogens with one attached hydrogen (secondary N) is 1. The molecule has 1 amide bonds. The number of rotatable bonds is 8. The Bertz CT molecular complexity index is 994. The lowest BCUT2D eigenvalue weighted by atomic mass is 10.1. The van der Waals surface area contributed by atoms with Crippen molar-refractivity contribution in [2.75, 3.05) is 31.3 Å². The maximum Gasteiger partial charge on any atom is 0.241 e. The van der Waals surface area contributed by atoms with Crippen LogP contribution in [0.4, 0.5) is 5.69 Å². The molecule has 2 aromatic rings. The van der Waals surface area contributed by atoms with Crippen molar-refractivity contribution in [3.8, 4) is 11.5 Å². The lowest BCUT2D eigenvalue weighted by Crippen LogP contribution is -2.41. The van der Waals surface area contributed by atoms with Crippen LogP contribution in [0.1, 0.15) is 24.1 Å². The summed E-state index contributed by atoms with van der Waals surface area (Å²) in [6.45, 7) is 3.25. The summed E-state index contributed by atoms with van der Waals surface area (Å²) < 4.78 is 36.0. The van der Waals surface area contributed by atoms with Crippen LogP contribution in [-0.4, -0.2) is 41.3 Å². The number of amides is 1. The summed E-state index contributed by atoms with van der Waals surface area (Å²) in [6, 6.07) is 9.80. The van der Waals surface area contributed by atoms with E-state index in [9.17, 15) is 13.2 Å². The van der Waals surface area contributed by atoms with Crippen LogP contribution in [-0.2, 0) is 14.8 Å². The zero-order valence-corrected chi connectivity index (χ0v) is 18.6. The molecule has 0 aliphatic rings. The van der Waals surface area contributed by atoms with Gasteiger partial charge in [0.05, 0.1) is 32.2 Å². The summed E-state index contributed by atoms with van der Waals surface area (Å²) in [6.07, 6.45) is 1.05. The Kier molecular flexibility index (Phi) is 7.37. The molecule has 1 atom stereocenters. The first kappa shape index (κ1) is 22.8. The lowest BCUT2D eigenvalue weighted by molar-refractivity contribution is -0.120. The molecule has 2 rings (SSSR count). The van der Waals surface area contributed by atoms with E-state index < -0.39 is 15.9 Å². The van der Waals surface area contributed by atoms with Crippen molar-refractivity contribution in [2.24, 2.45) is 0 Å². The summed E-state index contributed by atoms with van der Waals surface area (Å²) in [4.78, 5) is 12.6. The fraction of sp³-hybridized carbons (Fsp3) is 0.350. The Morgan fingerprint density at radius 2 is 1.79 bits per heavy atom. The predicted octanol–water partition coefficient (Wildman–Crippen LogP) is 3.31. The summed E-state index contributed by atoms with van der Waals surface area (Å²) in [5, 5.41) is 3.24. The first-order valence-electron chi connectivity index (χ1n) is 8.82. The molecule has 0 aliphatic heterocycles. The highest BCUT2D eigenvalue weighted by molar-refractivity contribution is 7.92. The minimum atomic E-state index is -3.69. The fourth-order valence-electron chi connectivity index (χ4n) is 2.76. The number of methoxy groups -OCH3 is 2. The van der Waals surface area contributed by atoms with Gasteiger partial charge in [0.15, 0.2) is 11.5 Å². The second-order valence-corrected chi connectivity index (χ2v) is 8.92. The van der Waals surface area contributed by atoms with Crippen molar-refractivity contribution < 1.29 is 22.7 Å². The third kappa shape index (κ3) is 5.77. The topological polar surface area (TPSA) is 84.9 Å². The van der Waals surface area contributed by atoms with Crippen molar-refractivity contribution in [2.45, 2.75) is 19.9 Å². The van der Waals surface area contributed by atoms with E-state index >= 15 is 0 Å². The Morgan fingerprint density at radius 3 is 2.34 bits per heavy atom. The molecular formula is C20H25ClN2O5S. The first-order valence-corrected chi connectivity index (χ1v) is 11.0. The molecule has 9 heteroatoms. The highest BCUT2D eigenvalue weighted by Crippen LogP contribution is 2.30. The van der Waals surface area contributed by atoms with E-state index in [0.717, 1.165) is 21.7 Å². The van der Waals surface area contributed by atoms with Gasteiger partial charge >= 0.3 is 0 Å². The quantitative estimate of drug-likeness (QED) is 0.680. The SMILES string of the molecule is COc1ccc([C@@H](C)NC(=O)CN(c2ccc(C)c(Cl)c2)S(C)(=O)=O)cc1OC. The molecular weight excluding hydrogens is 416 g/mol. The van der Waals surface area contributed by atoms with Crippen LogP contribution in [0.2, 0.25) is 5.02 Å². The van der Waals surface area contributed by atoms with Crippen LogP contribution in [0.25, 0.3) is 0 Å². The molecule has 1 N–H and O–H groups in total. The zero-order chi connectivity index (χ0) is 21.8. The number of nitrogens with zero attached hydrogens (tertiary/aromatic N) is 1. The van der Waals surface area contributed by atoms with Crippen LogP contribution in [0.3, 0.4) is 0 Å². The van der Waals surface area contributed by atoms with E-state index in [2.05, 4.69) is 5.32 Å². The average Bonchev–Trinajstić information content (AvgIpc) is 2.66. The van der Waals surface area contributed by atoms with Crippen LogP contribution in [0, 0.1) is 6.92 Å². The second kappa shape index (κ2) is 9.37. The van der Waals surface area contributed by atoms with Gasteiger partial charge in [-0.2, -0.15) is 0 Å². The van der Waals surface area contributed by atoms with Gasteiger partial charge in [0.2, 0.25) is 15.9 Å².